The summed E-state index contributed by atoms with van der Waals surface area (Å²) in [5.41, 5.74) is 1.16. The molecule has 2 heterocycles. The summed E-state index contributed by atoms with van der Waals surface area (Å²) in [6.45, 7) is 2.65. The molecular weight excluding hydrogens is 342 g/mol. The minimum atomic E-state index is -0.227. The zero-order valence-electron chi connectivity index (χ0n) is 15.2. The summed E-state index contributed by atoms with van der Waals surface area (Å²) in [4.78, 5) is 43.5. The highest BCUT2D eigenvalue weighted by Gasteiger charge is 2.59. The zero-order valence-corrected chi connectivity index (χ0v) is 15.2. The molecule has 5 rings (SSSR count). The lowest BCUT2D eigenvalue weighted by Gasteiger charge is -2.36. The molecule has 3 fully saturated rings. The first kappa shape index (κ1) is 16.5. The van der Waals surface area contributed by atoms with E-state index in [1.165, 1.54) is 4.90 Å². The predicted octanol–water partition coefficient (Wildman–Crippen LogP) is 1.14. The van der Waals surface area contributed by atoms with Crippen LogP contribution in [0.15, 0.2) is 42.5 Å². The zero-order chi connectivity index (χ0) is 18.5. The van der Waals surface area contributed by atoms with Crippen LogP contribution in [0.3, 0.4) is 0 Å². The van der Waals surface area contributed by atoms with E-state index < -0.39 is 0 Å². The van der Waals surface area contributed by atoms with Gasteiger partial charge < -0.3 is 9.80 Å². The van der Waals surface area contributed by atoms with Crippen LogP contribution in [0.25, 0.3) is 0 Å². The number of imide groups is 1. The van der Waals surface area contributed by atoms with Gasteiger partial charge in [-0.1, -0.05) is 30.4 Å². The highest BCUT2D eigenvalue weighted by atomic mass is 16.2. The van der Waals surface area contributed by atoms with Crippen LogP contribution in [-0.2, 0) is 14.4 Å². The molecule has 0 aromatic heterocycles. The molecule has 0 unspecified atom stereocenters. The van der Waals surface area contributed by atoms with E-state index in [9.17, 15) is 14.4 Å². The van der Waals surface area contributed by atoms with Crippen molar-refractivity contribution >= 4 is 23.4 Å². The lowest BCUT2D eigenvalue weighted by Crippen LogP contribution is -2.52. The van der Waals surface area contributed by atoms with Crippen molar-refractivity contribution < 1.29 is 14.4 Å². The molecule has 27 heavy (non-hydrogen) atoms. The van der Waals surface area contributed by atoms with Crippen molar-refractivity contribution in [3.63, 3.8) is 0 Å². The molecule has 140 valence electrons. The van der Waals surface area contributed by atoms with Crippen molar-refractivity contribution in [3.8, 4) is 0 Å². The maximum Gasteiger partial charge on any atom is 0.242 e. The van der Waals surface area contributed by atoms with E-state index in [1.54, 1.807) is 4.90 Å². The van der Waals surface area contributed by atoms with Gasteiger partial charge in [0.1, 0.15) is 6.54 Å². The molecule has 4 atom stereocenters. The minimum Gasteiger partial charge on any atom is -0.368 e. The fourth-order valence-corrected chi connectivity index (χ4v) is 5.21. The second-order valence-corrected chi connectivity index (χ2v) is 7.97. The molecule has 0 radical (unpaired) electrons. The van der Waals surface area contributed by atoms with E-state index in [1.807, 2.05) is 18.2 Å². The van der Waals surface area contributed by atoms with Crippen LogP contribution in [0.5, 0.6) is 0 Å². The van der Waals surface area contributed by atoms with Crippen LogP contribution in [0.4, 0.5) is 5.69 Å². The number of piperazine rings is 1. The van der Waals surface area contributed by atoms with Gasteiger partial charge in [0.05, 0.1) is 11.8 Å². The Morgan fingerprint density at radius 1 is 0.889 bits per heavy atom. The number of fused-ring (bicyclic) bond motifs is 5. The number of anilines is 1. The normalized spacial score (nSPS) is 31.8. The molecule has 0 N–H and O–H groups in total. The number of allylic oxidation sites excluding steroid dienone is 2. The maximum absolute atomic E-state index is 12.7. The molecule has 1 aromatic rings. The Balaban J connectivity index is 1.21. The summed E-state index contributed by atoms with van der Waals surface area (Å²) in [7, 11) is 0. The molecule has 0 spiro atoms. The molecule has 3 amide bonds. The second kappa shape index (κ2) is 6.22. The molecule has 2 bridgehead atoms. The van der Waals surface area contributed by atoms with E-state index >= 15 is 0 Å². The summed E-state index contributed by atoms with van der Waals surface area (Å²) < 4.78 is 0. The summed E-state index contributed by atoms with van der Waals surface area (Å²) in [6, 6.07) is 10.2. The highest BCUT2D eigenvalue weighted by molar-refractivity contribution is 6.08. The summed E-state index contributed by atoms with van der Waals surface area (Å²) in [5, 5.41) is 0. The van der Waals surface area contributed by atoms with Gasteiger partial charge in [0.25, 0.3) is 0 Å². The molecule has 6 nitrogen and oxygen atoms in total. The van der Waals surface area contributed by atoms with Crippen molar-refractivity contribution in [2.24, 2.45) is 23.7 Å². The number of nitrogens with zero attached hydrogens (tertiary/aromatic N) is 3. The molecule has 2 saturated heterocycles. The number of amides is 3. The first-order valence-corrected chi connectivity index (χ1v) is 9.75. The Morgan fingerprint density at radius 3 is 2.07 bits per heavy atom. The number of hydrogen-bond acceptors (Lipinski definition) is 4. The average Bonchev–Trinajstić information content (AvgIpc) is 3.39. The van der Waals surface area contributed by atoms with Gasteiger partial charge in [0, 0.05) is 31.9 Å². The fourth-order valence-electron chi connectivity index (χ4n) is 5.21. The summed E-state index contributed by atoms with van der Waals surface area (Å²) >= 11 is 0. The van der Waals surface area contributed by atoms with E-state index in [0.717, 1.165) is 25.2 Å². The standard InChI is InChI=1S/C21H23N3O3/c25-17(23-10-8-22(9-11-23)16-4-2-1-3-5-16)13-24-20(26)18-14-6-7-15(12-14)19(18)21(24)27/h1-7,14-15,18-19H,8-13H2/t14-,15-,18-,19-/m0/s1. The topological polar surface area (TPSA) is 60.9 Å². The maximum atomic E-state index is 12.7. The molecule has 1 aromatic carbocycles. The fraction of sp³-hybridized carbons (Fsp3) is 0.476. The largest absolute Gasteiger partial charge is 0.368 e. The lowest BCUT2D eigenvalue weighted by molar-refractivity contribution is -0.147. The van der Waals surface area contributed by atoms with Gasteiger partial charge in [-0.15, -0.1) is 0 Å². The van der Waals surface area contributed by atoms with Gasteiger partial charge in [-0.25, -0.2) is 0 Å². The Labute approximate surface area is 158 Å². The molecule has 2 aliphatic heterocycles. The summed E-state index contributed by atoms with van der Waals surface area (Å²) in [6.07, 6.45) is 5.06. The van der Waals surface area contributed by atoms with Gasteiger partial charge in [0.15, 0.2) is 0 Å². The number of carbonyl (C=O) groups is 3. The second-order valence-electron chi connectivity index (χ2n) is 7.97. The Kier molecular flexibility index (Phi) is 3.81. The average molecular weight is 365 g/mol. The van der Waals surface area contributed by atoms with E-state index in [0.29, 0.717) is 13.1 Å². The third-order valence-corrected chi connectivity index (χ3v) is 6.61. The predicted molar refractivity (Wildman–Crippen MR) is 99.7 cm³/mol. The molecular formula is C21H23N3O3. The van der Waals surface area contributed by atoms with Crippen LogP contribution in [0.2, 0.25) is 0 Å². The van der Waals surface area contributed by atoms with Crippen LogP contribution in [-0.4, -0.2) is 60.2 Å². The monoisotopic (exact) mass is 365 g/mol. The van der Waals surface area contributed by atoms with Crippen LogP contribution >= 0.6 is 0 Å². The first-order valence-electron chi connectivity index (χ1n) is 9.75. The number of benzene rings is 1. The SMILES string of the molecule is O=C(CN1C(=O)[C@@H]2[C@@H](C1=O)[C@H]1C=C[C@H]2C1)N1CCN(c2ccccc2)CC1. The number of carbonyl (C=O) groups excluding carboxylic acids is 3. The van der Waals surface area contributed by atoms with Crippen LogP contribution in [0, 0.1) is 23.7 Å². The van der Waals surface area contributed by atoms with Crippen molar-refractivity contribution in [3.05, 3.63) is 42.5 Å². The molecule has 1 saturated carbocycles. The van der Waals surface area contributed by atoms with Crippen LogP contribution in [0.1, 0.15) is 6.42 Å². The van der Waals surface area contributed by atoms with Gasteiger partial charge >= 0.3 is 0 Å². The third-order valence-electron chi connectivity index (χ3n) is 6.61. The highest BCUT2D eigenvalue weighted by Crippen LogP contribution is 2.52. The minimum absolute atomic E-state index is 0.102. The van der Waals surface area contributed by atoms with Gasteiger partial charge in [-0.05, 0) is 30.4 Å². The third kappa shape index (κ3) is 2.58. The van der Waals surface area contributed by atoms with E-state index in [4.69, 9.17) is 0 Å². The van der Waals surface area contributed by atoms with Gasteiger partial charge in [0.2, 0.25) is 17.7 Å². The van der Waals surface area contributed by atoms with Gasteiger partial charge in [-0.3, -0.25) is 19.3 Å². The molecule has 6 heteroatoms. The van der Waals surface area contributed by atoms with Crippen molar-refractivity contribution in [2.45, 2.75) is 6.42 Å². The Bertz CT molecular complexity index is 783. The summed E-state index contributed by atoms with van der Waals surface area (Å²) in [5.74, 6) is -0.483. The van der Waals surface area contributed by atoms with Crippen molar-refractivity contribution in [1.82, 2.24) is 9.80 Å². The molecule has 2 aliphatic carbocycles. The van der Waals surface area contributed by atoms with Gasteiger partial charge in [-0.2, -0.15) is 0 Å². The Hall–Kier alpha value is -2.63. The lowest BCUT2D eigenvalue weighted by atomic mass is 9.85. The van der Waals surface area contributed by atoms with Crippen molar-refractivity contribution in [2.75, 3.05) is 37.6 Å². The van der Waals surface area contributed by atoms with E-state index in [-0.39, 0.29) is 47.9 Å². The van der Waals surface area contributed by atoms with E-state index in [2.05, 4.69) is 29.2 Å². The number of para-hydroxylation sites is 1. The first-order chi connectivity index (χ1) is 13.1. The van der Waals surface area contributed by atoms with Crippen molar-refractivity contribution in [1.29, 1.82) is 0 Å². The number of hydrogen-bond donors (Lipinski definition) is 0. The smallest absolute Gasteiger partial charge is 0.242 e. The number of likely N-dealkylation sites (tertiary alicyclic amines) is 1. The quantitative estimate of drug-likeness (QED) is 0.595. The number of rotatable bonds is 3. The van der Waals surface area contributed by atoms with Crippen LogP contribution < -0.4 is 4.90 Å². The Morgan fingerprint density at radius 2 is 1.48 bits per heavy atom. The molecule has 4 aliphatic rings.